The number of unbranched alkanes of at least 4 members (excludes halogenated alkanes) is 7. The number of ether oxygens (including phenoxy) is 1. The Balaban J connectivity index is 2.92. The van der Waals surface area contributed by atoms with Crippen molar-refractivity contribution < 1.29 is 9.84 Å². The van der Waals surface area contributed by atoms with Crippen LogP contribution in [0.5, 0.6) is 0 Å². The number of aliphatic hydroxyl groups excluding tert-OH is 1. The van der Waals surface area contributed by atoms with E-state index in [9.17, 15) is 0 Å². The van der Waals surface area contributed by atoms with Crippen LogP contribution in [-0.2, 0) is 4.74 Å². The van der Waals surface area contributed by atoms with E-state index in [1.165, 1.54) is 44.9 Å². The van der Waals surface area contributed by atoms with Crippen LogP contribution in [0.3, 0.4) is 0 Å². The van der Waals surface area contributed by atoms with Crippen LogP contribution in [-0.4, -0.2) is 18.5 Å². The first-order chi connectivity index (χ1) is 6.81. The standard InChI is InChI=1S/C12H26O2/c1-3-4-5-6-7-8-9-10-11-12(13)14-2/h12-13H,3-11H2,1-2H3. The van der Waals surface area contributed by atoms with Crippen LogP contribution < -0.4 is 0 Å². The van der Waals surface area contributed by atoms with Gasteiger partial charge in [0.1, 0.15) is 0 Å². The molecule has 0 amide bonds. The lowest BCUT2D eigenvalue weighted by atomic mass is 10.1. The third-order valence-electron chi connectivity index (χ3n) is 2.58. The van der Waals surface area contributed by atoms with Gasteiger partial charge >= 0.3 is 0 Å². The summed E-state index contributed by atoms with van der Waals surface area (Å²) in [7, 11) is 1.55. The molecular formula is C12H26O2. The molecule has 0 aliphatic carbocycles. The maximum atomic E-state index is 9.11. The van der Waals surface area contributed by atoms with Crippen molar-refractivity contribution in [3.63, 3.8) is 0 Å². The number of methoxy groups -OCH3 is 1. The van der Waals surface area contributed by atoms with E-state index < -0.39 is 6.29 Å². The van der Waals surface area contributed by atoms with Gasteiger partial charge in [0.15, 0.2) is 6.29 Å². The largest absolute Gasteiger partial charge is 0.368 e. The molecule has 86 valence electrons. The Labute approximate surface area is 88.7 Å². The molecule has 0 aliphatic heterocycles. The van der Waals surface area contributed by atoms with E-state index in [1.807, 2.05) is 0 Å². The quantitative estimate of drug-likeness (QED) is 0.434. The lowest BCUT2D eigenvalue weighted by Gasteiger charge is -2.07. The van der Waals surface area contributed by atoms with Crippen LogP contribution in [0.4, 0.5) is 0 Å². The Hall–Kier alpha value is -0.0800. The maximum absolute atomic E-state index is 9.11. The fourth-order valence-electron chi connectivity index (χ4n) is 1.57. The summed E-state index contributed by atoms with van der Waals surface area (Å²) in [5, 5.41) is 9.11. The van der Waals surface area contributed by atoms with E-state index in [2.05, 4.69) is 6.92 Å². The average molecular weight is 202 g/mol. The van der Waals surface area contributed by atoms with Gasteiger partial charge in [-0.2, -0.15) is 0 Å². The van der Waals surface area contributed by atoms with E-state index in [1.54, 1.807) is 7.11 Å². The van der Waals surface area contributed by atoms with E-state index in [0.717, 1.165) is 12.8 Å². The fourth-order valence-corrected chi connectivity index (χ4v) is 1.57. The molecule has 0 saturated carbocycles. The van der Waals surface area contributed by atoms with Crippen molar-refractivity contribution >= 4 is 0 Å². The number of aliphatic hydroxyl groups is 1. The summed E-state index contributed by atoms with van der Waals surface area (Å²) in [6.07, 6.45) is 10.7. The van der Waals surface area contributed by atoms with Gasteiger partial charge < -0.3 is 9.84 Å². The molecule has 1 N–H and O–H groups in total. The number of hydrogen-bond acceptors (Lipinski definition) is 2. The molecule has 0 radical (unpaired) electrons. The van der Waals surface area contributed by atoms with E-state index in [4.69, 9.17) is 9.84 Å². The molecule has 2 heteroatoms. The molecule has 0 spiro atoms. The fraction of sp³-hybridized carbons (Fsp3) is 1.00. The first-order valence-electron chi connectivity index (χ1n) is 6.02. The minimum absolute atomic E-state index is 0.546. The molecule has 0 aromatic carbocycles. The topological polar surface area (TPSA) is 29.5 Å². The number of rotatable bonds is 10. The van der Waals surface area contributed by atoms with Gasteiger partial charge in [0.2, 0.25) is 0 Å². The van der Waals surface area contributed by atoms with Crippen LogP contribution in [0.15, 0.2) is 0 Å². The van der Waals surface area contributed by atoms with Crippen molar-refractivity contribution in [2.75, 3.05) is 7.11 Å². The van der Waals surface area contributed by atoms with E-state index in [-0.39, 0.29) is 0 Å². The highest BCUT2D eigenvalue weighted by atomic mass is 16.6. The Morgan fingerprint density at radius 3 is 1.93 bits per heavy atom. The molecular weight excluding hydrogens is 176 g/mol. The molecule has 0 rings (SSSR count). The van der Waals surface area contributed by atoms with Crippen LogP contribution in [0, 0.1) is 0 Å². The minimum atomic E-state index is -0.546. The molecule has 0 aromatic heterocycles. The maximum Gasteiger partial charge on any atom is 0.154 e. The third-order valence-corrected chi connectivity index (χ3v) is 2.58. The Morgan fingerprint density at radius 2 is 1.43 bits per heavy atom. The number of hydrogen-bond donors (Lipinski definition) is 1. The van der Waals surface area contributed by atoms with Crippen molar-refractivity contribution in [3.05, 3.63) is 0 Å². The molecule has 0 aliphatic rings. The molecule has 14 heavy (non-hydrogen) atoms. The summed E-state index contributed by atoms with van der Waals surface area (Å²) in [4.78, 5) is 0. The van der Waals surface area contributed by atoms with Gasteiger partial charge in [0.25, 0.3) is 0 Å². The zero-order valence-electron chi connectivity index (χ0n) is 9.80. The molecule has 0 bridgehead atoms. The predicted molar refractivity (Wildman–Crippen MR) is 60.2 cm³/mol. The van der Waals surface area contributed by atoms with Crippen molar-refractivity contribution in [2.45, 2.75) is 71.0 Å². The monoisotopic (exact) mass is 202 g/mol. The zero-order chi connectivity index (χ0) is 10.6. The van der Waals surface area contributed by atoms with Crippen molar-refractivity contribution in [3.8, 4) is 0 Å². The highest BCUT2D eigenvalue weighted by molar-refractivity contribution is 4.47. The van der Waals surface area contributed by atoms with Crippen LogP contribution in [0.25, 0.3) is 0 Å². The van der Waals surface area contributed by atoms with Gasteiger partial charge in [0.05, 0.1) is 0 Å². The first kappa shape index (κ1) is 13.9. The second-order valence-corrected chi connectivity index (χ2v) is 3.95. The normalized spacial score (nSPS) is 13.1. The van der Waals surface area contributed by atoms with Gasteiger partial charge in [-0.05, 0) is 12.8 Å². The second kappa shape index (κ2) is 11.0. The average Bonchev–Trinajstić information content (AvgIpc) is 2.21. The lowest BCUT2D eigenvalue weighted by Crippen LogP contribution is -2.07. The summed E-state index contributed by atoms with van der Waals surface area (Å²) in [5.74, 6) is 0. The van der Waals surface area contributed by atoms with Gasteiger partial charge in [-0.15, -0.1) is 0 Å². The minimum Gasteiger partial charge on any atom is -0.368 e. The zero-order valence-corrected chi connectivity index (χ0v) is 9.80. The summed E-state index contributed by atoms with van der Waals surface area (Å²) in [6.45, 7) is 2.24. The Bertz CT molecular complexity index is 104. The van der Waals surface area contributed by atoms with Gasteiger partial charge in [0, 0.05) is 7.11 Å². The Morgan fingerprint density at radius 1 is 0.929 bits per heavy atom. The van der Waals surface area contributed by atoms with Crippen molar-refractivity contribution in [1.29, 1.82) is 0 Å². The van der Waals surface area contributed by atoms with E-state index in [0.29, 0.717) is 0 Å². The Kier molecular flexibility index (Phi) is 10.9. The highest BCUT2D eigenvalue weighted by Crippen LogP contribution is 2.10. The van der Waals surface area contributed by atoms with Gasteiger partial charge in [-0.3, -0.25) is 0 Å². The van der Waals surface area contributed by atoms with Crippen LogP contribution >= 0.6 is 0 Å². The smallest absolute Gasteiger partial charge is 0.154 e. The molecule has 2 nitrogen and oxygen atoms in total. The SMILES string of the molecule is CCCCCCCCCCC(O)OC. The highest BCUT2D eigenvalue weighted by Gasteiger charge is 1.99. The summed E-state index contributed by atoms with van der Waals surface area (Å²) in [5.41, 5.74) is 0. The first-order valence-corrected chi connectivity index (χ1v) is 6.02. The van der Waals surface area contributed by atoms with E-state index >= 15 is 0 Å². The van der Waals surface area contributed by atoms with Crippen molar-refractivity contribution in [2.24, 2.45) is 0 Å². The molecule has 0 aromatic rings. The van der Waals surface area contributed by atoms with Gasteiger partial charge in [-0.1, -0.05) is 51.9 Å². The van der Waals surface area contributed by atoms with Crippen molar-refractivity contribution in [1.82, 2.24) is 0 Å². The van der Waals surface area contributed by atoms with Gasteiger partial charge in [-0.25, -0.2) is 0 Å². The molecule has 0 saturated heterocycles. The molecule has 0 heterocycles. The summed E-state index contributed by atoms with van der Waals surface area (Å²) >= 11 is 0. The lowest BCUT2D eigenvalue weighted by molar-refractivity contribution is -0.0793. The summed E-state index contributed by atoms with van der Waals surface area (Å²) in [6, 6.07) is 0. The molecule has 0 fully saturated rings. The van der Waals surface area contributed by atoms with Crippen LogP contribution in [0.1, 0.15) is 64.7 Å². The predicted octanol–water partition coefficient (Wildman–Crippen LogP) is 3.48. The summed E-state index contributed by atoms with van der Waals surface area (Å²) < 4.78 is 4.77. The second-order valence-electron chi connectivity index (χ2n) is 3.95. The molecule has 1 unspecified atom stereocenters. The molecule has 1 atom stereocenters. The third kappa shape index (κ3) is 10.0. The van der Waals surface area contributed by atoms with Crippen LogP contribution in [0.2, 0.25) is 0 Å².